The first kappa shape index (κ1) is 34.9. The number of halogens is 2. The Balaban J connectivity index is 0.811. The van der Waals surface area contributed by atoms with Gasteiger partial charge in [-0.3, -0.25) is 28.9 Å². The summed E-state index contributed by atoms with van der Waals surface area (Å²) >= 11 is 0. The summed E-state index contributed by atoms with van der Waals surface area (Å²) in [4.78, 5) is 40.4. The van der Waals surface area contributed by atoms with Crippen molar-refractivity contribution in [1.82, 2.24) is 39.3 Å². The fourth-order valence-corrected chi connectivity index (χ4v) is 7.97. The normalized spacial score (nSPS) is 20.6. The van der Waals surface area contributed by atoms with Gasteiger partial charge in [-0.05, 0) is 62.4 Å². The molecule has 2 atom stereocenters. The minimum atomic E-state index is -0.653. The van der Waals surface area contributed by atoms with Crippen LogP contribution in [0.1, 0.15) is 55.7 Å². The average Bonchev–Trinajstić information content (AvgIpc) is 3.84. The lowest BCUT2D eigenvalue weighted by Gasteiger charge is -2.42. The molecule has 2 aromatic carbocycles. The van der Waals surface area contributed by atoms with Crippen molar-refractivity contribution < 1.29 is 18.4 Å². The molecule has 3 aliphatic rings. The molecule has 0 aliphatic carbocycles. The third-order valence-electron chi connectivity index (χ3n) is 11.1. The van der Waals surface area contributed by atoms with Crippen LogP contribution in [0.3, 0.4) is 0 Å². The highest BCUT2D eigenvalue weighted by Crippen LogP contribution is 2.31. The standard InChI is InChI=1S/C39H44F2N10O2/c1-25-19-32(34(41)20-33(25)40)35-22-43-37(38-42-11-14-50(35)38)45-28-21-44-51(24-28)30-9-12-47(13-10-30)15-16-48-17-18-49(23-26(48)2)29-5-3-27(4-6-29)31-7-8-36(52)46-39(31)53/h3-6,11,14,19-22,24,26,30-31H,7-10,12-13,15-18,23H2,1-2H3,(H,43,45)(H,46,52,53)/t26-,31?/m0/s1. The number of piperidine rings is 2. The van der Waals surface area contributed by atoms with Crippen LogP contribution in [0.2, 0.25) is 0 Å². The molecular formula is C39H44F2N10O2. The summed E-state index contributed by atoms with van der Waals surface area (Å²) in [7, 11) is 0. The maximum atomic E-state index is 14.7. The van der Waals surface area contributed by atoms with Crippen molar-refractivity contribution in [3.8, 4) is 11.3 Å². The number of benzene rings is 2. The molecule has 6 heterocycles. The molecule has 8 rings (SSSR count). The molecule has 3 saturated heterocycles. The quantitative estimate of drug-likeness (QED) is 0.196. The topological polar surface area (TPSA) is 116 Å². The van der Waals surface area contributed by atoms with Crippen LogP contribution in [0.25, 0.3) is 16.9 Å². The molecule has 0 spiro atoms. The number of aromatic nitrogens is 5. The van der Waals surface area contributed by atoms with Crippen LogP contribution in [-0.2, 0) is 9.59 Å². The zero-order valence-electron chi connectivity index (χ0n) is 30.0. The zero-order valence-corrected chi connectivity index (χ0v) is 30.0. The van der Waals surface area contributed by atoms with Crippen molar-refractivity contribution in [2.45, 2.75) is 57.5 Å². The number of hydrogen-bond acceptors (Lipinski definition) is 9. The van der Waals surface area contributed by atoms with E-state index in [1.54, 1.807) is 36.1 Å². The summed E-state index contributed by atoms with van der Waals surface area (Å²) in [6, 6.07) is 11.4. The first-order valence-electron chi connectivity index (χ1n) is 18.4. The van der Waals surface area contributed by atoms with E-state index >= 15 is 0 Å². The number of hydrogen-bond donors (Lipinski definition) is 2. The van der Waals surface area contributed by atoms with Crippen molar-refractivity contribution in [2.24, 2.45) is 0 Å². The maximum Gasteiger partial charge on any atom is 0.234 e. The minimum Gasteiger partial charge on any atom is -0.369 e. The molecular weight excluding hydrogens is 678 g/mol. The van der Waals surface area contributed by atoms with Gasteiger partial charge in [0.05, 0.1) is 35.7 Å². The highest BCUT2D eigenvalue weighted by molar-refractivity contribution is 6.01. The number of piperazine rings is 1. The molecule has 3 fully saturated rings. The third kappa shape index (κ3) is 7.25. The highest BCUT2D eigenvalue weighted by Gasteiger charge is 2.29. The fourth-order valence-electron chi connectivity index (χ4n) is 7.97. The minimum absolute atomic E-state index is 0.186. The van der Waals surface area contributed by atoms with Crippen LogP contribution >= 0.6 is 0 Å². The number of amides is 2. The van der Waals surface area contributed by atoms with Gasteiger partial charge in [-0.25, -0.2) is 18.7 Å². The Bertz CT molecular complexity index is 2120. The van der Waals surface area contributed by atoms with Crippen molar-refractivity contribution in [1.29, 1.82) is 0 Å². The lowest BCUT2D eigenvalue weighted by atomic mass is 9.90. The van der Waals surface area contributed by atoms with Crippen LogP contribution in [-0.4, -0.2) is 97.6 Å². The zero-order chi connectivity index (χ0) is 36.6. The van der Waals surface area contributed by atoms with Gasteiger partial charge in [0.2, 0.25) is 11.8 Å². The number of nitrogens with one attached hydrogen (secondary N) is 2. The number of rotatable bonds is 9. The summed E-state index contributed by atoms with van der Waals surface area (Å²) in [6.45, 7) is 10.9. The summed E-state index contributed by atoms with van der Waals surface area (Å²) in [5, 5.41) is 10.5. The second kappa shape index (κ2) is 14.7. The SMILES string of the molecule is Cc1cc(-c2cnc(Nc3cnn(C4CCN(CCN5CCN(c6ccc(C7CCC(=O)NC7=O)cc6)C[C@@H]5C)CC4)c3)c3nccn23)c(F)cc1F. The van der Waals surface area contributed by atoms with Gasteiger partial charge < -0.3 is 15.1 Å². The smallest absolute Gasteiger partial charge is 0.234 e. The predicted molar refractivity (Wildman–Crippen MR) is 198 cm³/mol. The Labute approximate surface area is 306 Å². The molecule has 0 radical (unpaired) electrons. The van der Waals surface area contributed by atoms with Gasteiger partial charge in [0.15, 0.2) is 11.5 Å². The first-order valence-corrected chi connectivity index (χ1v) is 18.4. The van der Waals surface area contributed by atoms with E-state index in [2.05, 4.69) is 59.5 Å². The first-order chi connectivity index (χ1) is 25.7. The Morgan fingerprint density at radius 3 is 2.53 bits per heavy atom. The molecule has 53 heavy (non-hydrogen) atoms. The van der Waals surface area contributed by atoms with Gasteiger partial charge in [0, 0.05) is 94.2 Å². The van der Waals surface area contributed by atoms with Crippen molar-refractivity contribution in [3.05, 3.63) is 90.1 Å². The Kier molecular flexibility index (Phi) is 9.64. The number of nitrogens with zero attached hydrogens (tertiary/aromatic N) is 8. The monoisotopic (exact) mass is 722 g/mol. The van der Waals surface area contributed by atoms with Crippen LogP contribution in [0.15, 0.2) is 67.4 Å². The molecule has 14 heteroatoms. The van der Waals surface area contributed by atoms with Gasteiger partial charge in [0.25, 0.3) is 0 Å². The third-order valence-corrected chi connectivity index (χ3v) is 11.1. The number of imidazole rings is 1. The maximum absolute atomic E-state index is 14.7. The van der Waals surface area contributed by atoms with Gasteiger partial charge in [0.1, 0.15) is 11.6 Å². The Morgan fingerprint density at radius 1 is 0.943 bits per heavy atom. The summed E-state index contributed by atoms with van der Waals surface area (Å²) in [5.41, 5.74) is 4.56. The summed E-state index contributed by atoms with van der Waals surface area (Å²) < 4.78 is 32.4. The highest BCUT2D eigenvalue weighted by atomic mass is 19.1. The number of imide groups is 1. The molecule has 3 aromatic heterocycles. The number of anilines is 3. The van der Waals surface area contributed by atoms with Crippen molar-refractivity contribution in [2.75, 3.05) is 56.0 Å². The second-order valence-corrected chi connectivity index (χ2v) is 14.5. The van der Waals surface area contributed by atoms with E-state index in [0.717, 1.165) is 76.0 Å². The number of carbonyl (C=O) groups excluding carboxylic acids is 2. The van der Waals surface area contributed by atoms with Crippen molar-refractivity contribution in [3.63, 3.8) is 0 Å². The van der Waals surface area contributed by atoms with E-state index in [1.807, 2.05) is 23.0 Å². The van der Waals surface area contributed by atoms with E-state index in [9.17, 15) is 18.4 Å². The molecule has 2 amide bonds. The lowest BCUT2D eigenvalue weighted by Crippen LogP contribution is -2.54. The van der Waals surface area contributed by atoms with Gasteiger partial charge in [-0.2, -0.15) is 5.10 Å². The number of fused-ring (bicyclic) bond motifs is 1. The van der Waals surface area contributed by atoms with Crippen LogP contribution in [0.4, 0.5) is 26.0 Å². The largest absolute Gasteiger partial charge is 0.369 e. The molecule has 2 N–H and O–H groups in total. The number of aryl methyl sites for hydroxylation is 1. The molecule has 276 valence electrons. The predicted octanol–water partition coefficient (Wildman–Crippen LogP) is 5.29. The van der Waals surface area contributed by atoms with E-state index in [1.165, 1.54) is 11.8 Å². The lowest BCUT2D eigenvalue weighted by molar-refractivity contribution is -0.134. The molecule has 3 aliphatic heterocycles. The molecule has 12 nitrogen and oxygen atoms in total. The molecule has 5 aromatic rings. The van der Waals surface area contributed by atoms with Crippen LogP contribution < -0.4 is 15.5 Å². The van der Waals surface area contributed by atoms with Crippen LogP contribution in [0.5, 0.6) is 0 Å². The van der Waals surface area contributed by atoms with Gasteiger partial charge in [-0.1, -0.05) is 12.1 Å². The molecule has 1 unspecified atom stereocenters. The Hall–Kier alpha value is -5.21. The summed E-state index contributed by atoms with van der Waals surface area (Å²) in [6.07, 6.45) is 11.7. The average molecular weight is 723 g/mol. The Morgan fingerprint density at radius 2 is 1.75 bits per heavy atom. The molecule has 0 saturated carbocycles. The van der Waals surface area contributed by atoms with Crippen molar-refractivity contribution >= 4 is 34.7 Å². The fraction of sp³-hybridized carbons (Fsp3) is 0.410. The van der Waals surface area contributed by atoms with Gasteiger partial charge >= 0.3 is 0 Å². The van der Waals surface area contributed by atoms with E-state index < -0.39 is 11.6 Å². The van der Waals surface area contributed by atoms with Crippen LogP contribution in [0, 0.1) is 18.6 Å². The van der Waals surface area contributed by atoms with E-state index in [0.29, 0.717) is 47.6 Å². The molecule has 0 bridgehead atoms. The van der Waals surface area contributed by atoms with E-state index in [4.69, 9.17) is 0 Å². The number of carbonyl (C=O) groups is 2. The second-order valence-electron chi connectivity index (χ2n) is 14.5. The van der Waals surface area contributed by atoms with E-state index in [-0.39, 0.29) is 23.3 Å². The van der Waals surface area contributed by atoms with Gasteiger partial charge in [-0.15, -0.1) is 0 Å². The summed E-state index contributed by atoms with van der Waals surface area (Å²) in [5.74, 6) is -1.36. The number of likely N-dealkylation sites (tertiary alicyclic amines) is 1.